The third-order valence-corrected chi connectivity index (χ3v) is 3.68. The molecule has 3 aromatic rings. The van der Waals surface area contributed by atoms with Crippen molar-refractivity contribution in [1.29, 1.82) is 0 Å². The fourth-order valence-corrected chi connectivity index (χ4v) is 2.52. The number of esters is 1. The molecule has 23 heavy (non-hydrogen) atoms. The number of nitrogens with one attached hydrogen (secondary N) is 1. The zero-order valence-corrected chi connectivity index (χ0v) is 12.9. The number of benzene rings is 2. The van der Waals surface area contributed by atoms with Gasteiger partial charge in [-0.25, -0.2) is 9.18 Å². The van der Waals surface area contributed by atoms with Crippen LogP contribution >= 0.6 is 11.6 Å². The number of hydrogen-bond donors (Lipinski definition) is 1. The van der Waals surface area contributed by atoms with Gasteiger partial charge in [-0.15, -0.1) is 0 Å². The minimum absolute atomic E-state index is 0.111. The molecule has 0 unspecified atom stereocenters. The maximum Gasteiger partial charge on any atom is 0.340 e. The third kappa shape index (κ3) is 2.96. The Bertz CT molecular complexity index is 899. The van der Waals surface area contributed by atoms with Crippen molar-refractivity contribution >= 4 is 39.8 Å². The minimum atomic E-state index is -0.622. The Balaban J connectivity index is 2.10. The number of carbonyl (C=O) groups excluding carboxylic acids is 1. The predicted octanol–water partition coefficient (Wildman–Crippen LogP) is 4.56. The highest BCUT2D eigenvalue weighted by molar-refractivity contribution is 6.35. The van der Waals surface area contributed by atoms with E-state index in [-0.39, 0.29) is 5.56 Å². The molecule has 0 fully saturated rings. The smallest absolute Gasteiger partial charge is 0.340 e. The molecule has 1 aromatic heterocycles. The average Bonchev–Trinajstić information content (AvgIpc) is 2.56. The summed E-state index contributed by atoms with van der Waals surface area (Å²) in [6.07, 6.45) is 1.61. The highest BCUT2D eigenvalue weighted by Crippen LogP contribution is 2.30. The lowest BCUT2D eigenvalue weighted by Gasteiger charge is -2.13. The first-order valence-corrected chi connectivity index (χ1v) is 7.16. The first-order chi connectivity index (χ1) is 11.1. The fourth-order valence-electron chi connectivity index (χ4n) is 2.30. The van der Waals surface area contributed by atoms with Gasteiger partial charge in [-0.3, -0.25) is 4.98 Å². The number of methoxy groups -OCH3 is 1. The van der Waals surface area contributed by atoms with Gasteiger partial charge in [0, 0.05) is 17.3 Å². The third-order valence-electron chi connectivity index (χ3n) is 3.38. The molecule has 0 saturated heterocycles. The summed E-state index contributed by atoms with van der Waals surface area (Å²) < 4.78 is 18.1. The molecular weight excluding hydrogens is 319 g/mol. The summed E-state index contributed by atoms with van der Waals surface area (Å²) in [5.74, 6) is -1.14. The number of halogens is 2. The van der Waals surface area contributed by atoms with Crippen LogP contribution in [0.5, 0.6) is 0 Å². The Morgan fingerprint density at radius 1 is 1.22 bits per heavy atom. The highest BCUT2D eigenvalue weighted by Gasteiger charge is 2.14. The molecule has 0 spiro atoms. The summed E-state index contributed by atoms with van der Waals surface area (Å²) in [7, 11) is 1.25. The standard InChI is InChI=1S/C17H12ClFN2O2/c1-23-17(22)12-9-10(19)5-6-14(12)21-15-7-8-20-16-11(15)3-2-4-13(16)18/h2-9H,1H3,(H,20,21). The van der Waals surface area contributed by atoms with Crippen LogP contribution in [-0.4, -0.2) is 18.1 Å². The van der Waals surface area contributed by atoms with E-state index in [0.29, 0.717) is 21.9 Å². The van der Waals surface area contributed by atoms with Crippen molar-refractivity contribution in [2.45, 2.75) is 0 Å². The van der Waals surface area contributed by atoms with Gasteiger partial charge < -0.3 is 10.1 Å². The molecule has 0 aliphatic carbocycles. The van der Waals surface area contributed by atoms with Gasteiger partial charge in [-0.2, -0.15) is 0 Å². The summed E-state index contributed by atoms with van der Waals surface area (Å²) in [6.45, 7) is 0. The van der Waals surface area contributed by atoms with Gasteiger partial charge in [0.2, 0.25) is 0 Å². The van der Waals surface area contributed by atoms with E-state index >= 15 is 0 Å². The van der Waals surface area contributed by atoms with Crippen molar-refractivity contribution in [2.75, 3.05) is 12.4 Å². The van der Waals surface area contributed by atoms with Crippen LogP contribution in [0, 0.1) is 5.82 Å². The minimum Gasteiger partial charge on any atom is -0.465 e. The molecule has 0 aliphatic heterocycles. The van der Waals surface area contributed by atoms with Crippen molar-refractivity contribution in [3.8, 4) is 0 Å². The van der Waals surface area contributed by atoms with Crippen LogP contribution in [0.1, 0.15) is 10.4 Å². The molecule has 0 radical (unpaired) electrons. The molecule has 6 heteroatoms. The summed E-state index contributed by atoms with van der Waals surface area (Å²) in [5.41, 5.74) is 1.89. The highest BCUT2D eigenvalue weighted by atomic mass is 35.5. The second kappa shape index (κ2) is 6.22. The maximum absolute atomic E-state index is 13.4. The second-order valence-corrected chi connectivity index (χ2v) is 5.21. The Morgan fingerprint density at radius 2 is 2.04 bits per heavy atom. The number of para-hydroxylation sites is 1. The van der Waals surface area contributed by atoms with E-state index in [1.165, 1.54) is 19.2 Å². The number of aromatic nitrogens is 1. The van der Waals surface area contributed by atoms with Crippen LogP contribution in [0.3, 0.4) is 0 Å². The first kappa shape index (κ1) is 15.2. The maximum atomic E-state index is 13.4. The number of rotatable bonds is 3. The van der Waals surface area contributed by atoms with Gasteiger partial charge in [0.1, 0.15) is 5.82 Å². The lowest BCUT2D eigenvalue weighted by molar-refractivity contribution is 0.0601. The summed E-state index contributed by atoms with van der Waals surface area (Å²) in [6, 6.07) is 11.1. The fraction of sp³-hybridized carbons (Fsp3) is 0.0588. The zero-order valence-electron chi connectivity index (χ0n) is 12.1. The topological polar surface area (TPSA) is 51.2 Å². The SMILES string of the molecule is COC(=O)c1cc(F)ccc1Nc1ccnc2c(Cl)cccc12. The second-order valence-electron chi connectivity index (χ2n) is 4.80. The van der Waals surface area contributed by atoms with Crippen molar-refractivity contribution in [1.82, 2.24) is 4.98 Å². The Labute approximate surface area is 136 Å². The van der Waals surface area contributed by atoms with E-state index in [1.807, 2.05) is 12.1 Å². The first-order valence-electron chi connectivity index (χ1n) is 6.78. The molecule has 1 heterocycles. The van der Waals surface area contributed by atoms with Gasteiger partial charge in [-0.05, 0) is 30.3 Å². The van der Waals surface area contributed by atoms with Crippen molar-refractivity contribution in [2.24, 2.45) is 0 Å². The van der Waals surface area contributed by atoms with E-state index in [0.717, 1.165) is 11.5 Å². The van der Waals surface area contributed by atoms with E-state index in [9.17, 15) is 9.18 Å². The van der Waals surface area contributed by atoms with E-state index in [1.54, 1.807) is 18.3 Å². The normalized spacial score (nSPS) is 10.6. The van der Waals surface area contributed by atoms with Gasteiger partial charge in [0.15, 0.2) is 0 Å². The molecular formula is C17H12ClFN2O2. The summed E-state index contributed by atoms with van der Waals surface area (Å²) in [4.78, 5) is 16.1. The number of anilines is 2. The predicted molar refractivity (Wildman–Crippen MR) is 87.8 cm³/mol. The van der Waals surface area contributed by atoms with Gasteiger partial charge >= 0.3 is 5.97 Å². The zero-order chi connectivity index (χ0) is 16.4. The summed E-state index contributed by atoms with van der Waals surface area (Å²) >= 11 is 6.14. The van der Waals surface area contributed by atoms with Crippen LogP contribution in [0.25, 0.3) is 10.9 Å². The number of nitrogens with zero attached hydrogens (tertiary/aromatic N) is 1. The van der Waals surface area contributed by atoms with Gasteiger partial charge in [0.05, 0.1) is 28.9 Å². The molecule has 0 saturated carbocycles. The summed E-state index contributed by atoms with van der Waals surface area (Å²) in [5, 5.41) is 4.44. The molecule has 116 valence electrons. The Morgan fingerprint density at radius 3 is 2.83 bits per heavy atom. The van der Waals surface area contributed by atoms with Crippen LogP contribution in [0.15, 0.2) is 48.7 Å². The lowest BCUT2D eigenvalue weighted by atomic mass is 10.1. The van der Waals surface area contributed by atoms with Crippen LogP contribution < -0.4 is 5.32 Å². The average molecular weight is 331 g/mol. The van der Waals surface area contributed by atoms with E-state index < -0.39 is 11.8 Å². The van der Waals surface area contributed by atoms with Gasteiger partial charge in [0.25, 0.3) is 0 Å². The molecule has 0 amide bonds. The number of pyridine rings is 1. The lowest BCUT2D eigenvalue weighted by Crippen LogP contribution is -2.06. The van der Waals surface area contributed by atoms with E-state index in [4.69, 9.17) is 16.3 Å². The van der Waals surface area contributed by atoms with Crippen molar-refractivity contribution < 1.29 is 13.9 Å². The Kier molecular flexibility index (Phi) is 4.12. The molecule has 0 atom stereocenters. The number of carbonyl (C=O) groups is 1. The molecule has 2 aromatic carbocycles. The monoisotopic (exact) mass is 330 g/mol. The quantitative estimate of drug-likeness (QED) is 0.715. The van der Waals surface area contributed by atoms with Crippen molar-refractivity contribution in [3.63, 3.8) is 0 Å². The largest absolute Gasteiger partial charge is 0.465 e. The molecule has 0 bridgehead atoms. The van der Waals surface area contributed by atoms with Crippen LogP contribution in [-0.2, 0) is 4.74 Å². The van der Waals surface area contributed by atoms with Crippen molar-refractivity contribution in [3.05, 3.63) is 65.1 Å². The molecule has 1 N–H and O–H groups in total. The van der Waals surface area contributed by atoms with Crippen LogP contribution in [0.2, 0.25) is 5.02 Å². The van der Waals surface area contributed by atoms with Gasteiger partial charge in [-0.1, -0.05) is 23.7 Å². The Hall–Kier alpha value is -2.66. The molecule has 4 nitrogen and oxygen atoms in total. The number of fused-ring (bicyclic) bond motifs is 1. The molecule has 0 aliphatic rings. The number of ether oxygens (including phenoxy) is 1. The van der Waals surface area contributed by atoms with E-state index in [2.05, 4.69) is 10.3 Å². The van der Waals surface area contributed by atoms with Crippen LogP contribution in [0.4, 0.5) is 15.8 Å². The molecule has 3 rings (SSSR count). The number of hydrogen-bond acceptors (Lipinski definition) is 4.